The molecule has 0 radical (unpaired) electrons. The highest BCUT2D eigenvalue weighted by Crippen LogP contribution is 2.32. The number of nitrogens with zero attached hydrogens (tertiary/aromatic N) is 1. The monoisotopic (exact) mass is 441 g/mol. The molecule has 0 aliphatic heterocycles. The van der Waals surface area contributed by atoms with Crippen molar-refractivity contribution in [3.8, 4) is 5.75 Å². The van der Waals surface area contributed by atoms with Gasteiger partial charge in [0.05, 0.1) is 18.7 Å². The lowest BCUT2D eigenvalue weighted by Crippen LogP contribution is -2.30. The van der Waals surface area contributed by atoms with Crippen LogP contribution >= 0.6 is 11.8 Å². The van der Waals surface area contributed by atoms with Crippen molar-refractivity contribution in [3.63, 3.8) is 0 Å². The van der Waals surface area contributed by atoms with E-state index in [1.54, 1.807) is 31.2 Å². The van der Waals surface area contributed by atoms with Crippen molar-refractivity contribution in [1.29, 1.82) is 5.41 Å². The number of amides is 1. The van der Waals surface area contributed by atoms with E-state index in [0.717, 1.165) is 16.6 Å². The van der Waals surface area contributed by atoms with Crippen LogP contribution in [0, 0.1) is 17.0 Å². The molecular formula is C20H22ClF2N3O4. The minimum Gasteiger partial charge on any atom is -0.488 e. The summed E-state index contributed by atoms with van der Waals surface area (Å²) in [5.74, 6) is -3.39. The Labute approximate surface area is 177 Å². The fraction of sp³-hybridized carbons (Fsp3) is 0.300. The number of carbonyl (C=O) groups is 1. The van der Waals surface area contributed by atoms with Gasteiger partial charge in [-0.3, -0.25) is 10.2 Å². The third-order valence-electron chi connectivity index (χ3n) is 4.09. The number of aliphatic hydroxyl groups excluding tert-OH is 1. The maximum absolute atomic E-state index is 14.8. The molecule has 7 nitrogen and oxygen atoms in total. The predicted molar refractivity (Wildman–Crippen MR) is 107 cm³/mol. The molecule has 162 valence electrons. The van der Waals surface area contributed by atoms with Gasteiger partial charge in [0.2, 0.25) is 0 Å². The number of nitrogens with one attached hydrogen (secondary N) is 1. The van der Waals surface area contributed by atoms with Crippen LogP contribution in [0.4, 0.5) is 8.78 Å². The minimum atomic E-state index is -1.64. The van der Waals surface area contributed by atoms with E-state index >= 15 is 0 Å². The minimum absolute atomic E-state index is 0.00491. The second-order valence-corrected chi connectivity index (χ2v) is 6.56. The van der Waals surface area contributed by atoms with Gasteiger partial charge in [-0.05, 0) is 24.6 Å². The highest BCUT2D eigenvalue weighted by Gasteiger charge is 2.32. The van der Waals surface area contributed by atoms with Gasteiger partial charge in [-0.1, -0.05) is 24.3 Å². The van der Waals surface area contributed by atoms with Crippen LogP contribution in [0.3, 0.4) is 0 Å². The zero-order valence-corrected chi connectivity index (χ0v) is 17.0. The Morgan fingerprint density at radius 3 is 2.50 bits per heavy atom. The van der Waals surface area contributed by atoms with Crippen molar-refractivity contribution in [3.05, 3.63) is 64.7 Å². The number of carbonyl (C=O) groups excluding carboxylic acids is 1. The number of hydrogen-bond donors (Lipinski definition) is 3. The quantitative estimate of drug-likeness (QED) is 0.298. The largest absolute Gasteiger partial charge is 0.488 e. The summed E-state index contributed by atoms with van der Waals surface area (Å²) < 4.78 is 40.4. The topological polar surface area (TPSA) is 109 Å². The Bertz CT molecular complexity index is 896. The zero-order chi connectivity index (χ0) is 22.3. The van der Waals surface area contributed by atoms with Crippen molar-refractivity contribution in [2.24, 2.45) is 5.73 Å². The van der Waals surface area contributed by atoms with Crippen molar-refractivity contribution in [1.82, 2.24) is 4.42 Å². The molecule has 2 aromatic rings. The molecule has 0 heterocycles. The first kappa shape index (κ1) is 23.5. The molecule has 0 aromatic heterocycles. The predicted octanol–water partition coefficient (Wildman–Crippen LogP) is 2.88. The number of ether oxygens (including phenoxy) is 2. The van der Waals surface area contributed by atoms with Gasteiger partial charge in [-0.2, -0.15) is 0 Å². The highest BCUT2D eigenvalue weighted by atomic mass is 35.5. The number of benzene rings is 2. The molecule has 1 amide bonds. The van der Waals surface area contributed by atoms with E-state index in [1.165, 1.54) is 0 Å². The number of hydrogen-bond acceptors (Lipinski definition) is 5. The molecule has 2 rings (SSSR count). The third-order valence-corrected chi connectivity index (χ3v) is 4.37. The average Bonchev–Trinajstić information content (AvgIpc) is 2.72. The van der Waals surface area contributed by atoms with Crippen molar-refractivity contribution in [2.45, 2.75) is 19.6 Å². The lowest BCUT2D eigenvalue weighted by molar-refractivity contribution is -0.139. The van der Waals surface area contributed by atoms with Gasteiger partial charge in [0.25, 0.3) is 5.91 Å². The van der Waals surface area contributed by atoms with Crippen LogP contribution in [0.5, 0.6) is 5.75 Å². The second kappa shape index (κ2) is 10.9. The normalized spacial score (nSPS) is 11.8. The Balaban J connectivity index is 2.28. The standard InChI is InChI=1S/C20H22ClF2N3O4/c1-2-29-18(16-14(22)7-8-15(17(16)23)30-10-9-27)20(28)26(21)11-12-3-5-13(6-4-12)19(24)25/h3-8,18,27H,2,9-11H2,1H3,(H3,24,25). The molecule has 1 atom stereocenters. The summed E-state index contributed by atoms with van der Waals surface area (Å²) in [6.07, 6.45) is -1.64. The summed E-state index contributed by atoms with van der Waals surface area (Å²) in [6, 6.07) is 8.44. The highest BCUT2D eigenvalue weighted by molar-refractivity contribution is 6.21. The zero-order valence-electron chi connectivity index (χ0n) is 16.2. The van der Waals surface area contributed by atoms with E-state index in [4.69, 9.17) is 37.5 Å². The van der Waals surface area contributed by atoms with Crippen LogP contribution in [0.25, 0.3) is 0 Å². The molecule has 0 fully saturated rings. The summed E-state index contributed by atoms with van der Waals surface area (Å²) in [5, 5.41) is 16.2. The molecule has 0 saturated heterocycles. The average molecular weight is 442 g/mol. The molecule has 0 aliphatic rings. The number of amidine groups is 1. The summed E-state index contributed by atoms with van der Waals surface area (Å²) in [4.78, 5) is 12.8. The van der Waals surface area contributed by atoms with Crippen molar-refractivity contribution in [2.75, 3.05) is 19.8 Å². The molecule has 2 aromatic carbocycles. The summed E-state index contributed by atoms with van der Waals surface area (Å²) >= 11 is 6.10. The van der Waals surface area contributed by atoms with Gasteiger partial charge >= 0.3 is 0 Å². The van der Waals surface area contributed by atoms with E-state index < -0.39 is 29.2 Å². The first-order valence-electron chi connectivity index (χ1n) is 9.03. The lowest BCUT2D eigenvalue weighted by atomic mass is 10.1. The Hall–Kier alpha value is -2.75. The van der Waals surface area contributed by atoms with Crippen molar-refractivity contribution >= 4 is 23.5 Å². The maximum atomic E-state index is 14.8. The van der Waals surface area contributed by atoms with Crippen LogP contribution in [-0.2, 0) is 16.1 Å². The molecule has 30 heavy (non-hydrogen) atoms. The summed E-state index contributed by atoms with van der Waals surface area (Å²) in [7, 11) is 0. The van der Waals surface area contributed by atoms with E-state index in [9.17, 15) is 13.6 Å². The van der Waals surface area contributed by atoms with Crippen LogP contribution < -0.4 is 10.5 Å². The van der Waals surface area contributed by atoms with Gasteiger partial charge < -0.3 is 20.3 Å². The number of aliphatic hydroxyl groups is 1. The SMILES string of the molecule is CCOC(C(=O)N(Cl)Cc1ccc(C(=N)N)cc1)c1c(F)ccc(OCCO)c1F. The number of nitrogens with two attached hydrogens (primary N) is 1. The second-order valence-electron chi connectivity index (χ2n) is 6.15. The Kier molecular flexibility index (Phi) is 8.52. The fourth-order valence-corrected chi connectivity index (χ4v) is 2.88. The van der Waals surface area contributed by atoms with Crippen molar-refractivity contribution < 1.29 is 28.2 Å². The molecule has 10 heteroatoms. The van der Waals surface area contributed by atoms with Crippen LogP contribution in [0.15, 0.2) is 36.4 Å². The summed E-state index contributed by atoms with van der Waals surface area (Å²) in [5.41, 5.74) is 5.89. The molecule has 1 unspecified atom stereocenters. The van der Waals surface area contributed by atoms with Gasteiger partial charge in [0, 0.05) is 23.9 Å². The first-order valence-corrected chi connectivity index (χ1v) is 9.37. The van der Waals surface area contributed by atoms with E-state index in [2.05, 4.69) is 0 Å². The Morgan fingerprint density at radius 1 is 1.27 bits per heavy atom. The number of nitrogen functional groups attached to an aromatic ring is 1. The maximum Gasteiger partial charge on any atom is 0.271 e. The molecule has 4 N–H and O–H groups in total. The third kappa shape index (κ3) is 5.65. The lowest BCUT2D eigenvalue weighted by Gasteiger charge is -2.23. The fourth-order valence-electron chi connectivity index (χ4n) is 2.66. The van der Waals surface area contributed by atoms with Crippen LogP contribution in [-0.4, -0.2) is 41.1 Å². The molecule has 0 saturated carbocycles. The van der Waals surface area contributed by atoms with Gasteiger partial charge in [0.1, 0.15) is 18.3 Å². The number of rotatable bonds is 10. The van der Waals surface area contributed by atoms with Crippen LogP contribution in [0.1, 0.15) is 29.7 Å². The van der Waals surface area contributed by atoms with E-state index in [0.29, 0.717) is 11.1 Å². The van der Waals surface area contributed by atoms with Gasteiger partial charge in [-0.15, -0.1) is 0 Å². The smallest absolute Gasteiger partial charge is 0.271 e. The summed E-state index contributed by atoms with van der Waals surface area (Å²) in [6.45, 7) is 0.924. The van der Waals surface area contributed by atoms with Crippen LogP contribution in [0.2, 0.25) is 0 Å². The van der Waals surface area contributed by atoms with E-state index in [1.807, 2.05) is 0 Å². The molecule has 0 spiro atoms. The molecule has 0 aliphatic carbocycles. The van der Waals surface area contributed by atoms with Gasteiger partial charge in [-0.25, -0.2) is 13.2 Å². The molecular weight excluding hydrogens is 420 g/mol. The van der Waals surface area contributed by atoms with E-state index in [-0.39, 0.29) is 38.0 Å². The molecule has 0 bridgehead atoms. The Morgan fingerprint density at radius 2 is 1.93 bits per heavy atom. The van der Waals surface area contributed by atoms with Gasteiger partial charge in [0.15, 0.2) is 17.7 Å². The first-order chi connectivity index (χ1) is 14.3. The number of halogens is 3.